The first-order valence-electron chi connectivity index (χ1n) is 8.67. The highest BCUT2D eigenvalue weighted by atomic mass is 32.2. The lowest BCUT2D eigenvalue weighted by Crippen LogP contribution is -2.53. The summed E-state index contributed by atoms with van der Waals surface area (Å²) in [5.41, 5.74) is 5.78. The Morgan fingerprint density at radius 1 is 1.23 bits per heavy atom. The van der Waals surface area contributed by atoms with Gasteiger partial charge < -0.3 is 15.4 Å². The molecule has 0 saturated carbocycles. The van der Waals surface area contributed by atoms with Crippen LogP contribution in [-0.2, 0) is 19.6 Å². The number of sulfonamides is 1. The number of para-hydroxylation sites is 2. The van der Waals surface area contributed by atoms with Crippen LogP contribution in [0.1, 0.15) is 19.8 Å². The van der Waals surface area contributed by atoms with E-state index in [2.05, 4.69) is 0 Å². The average Bonchev–Trinajstić information content (AvgIpc) is 2.66. The molecule has 9 heteroatoms. The lowest BCUT2D eigenvalue weighted by Gasteiger charge is -2.38. The maximum Gasteiger partial charge on any atom is 0.265 e. The summed E-state index contributed by atoms with van der Waals surface area (Å²) in [6, 6.07) is 6.80. The van der Waals surface area contributed by atoms with Gasteiger partial charge in [0.1, 0.15) is 5.75 Å². The molecule has 1 aromatic carbocycles. The SMILES string of the molecule is CCS(=O)(=O)N1C[C@@H](C(=O)N2CCC(C(N)=O)CC2)Oc2ccccc21. The fourth-order valence-electron chi connectivity index (χ4n) is 3.34. The zero-order valence-corrected chi connectivity index (χ0v) is 15.4. The van der Waals surface area contributed by atoms with Crippen molar-refractivity contribution in [2.24, 2.45) is 11.7 Å². The number of benzene rings is 1. The number of ether oxygens (including phenoxy) is 1. The van der Waals surface area contributed by atoms with Crippen molar-refractivity contribution >= 4 is 27.5 Å². The fourth-order valence-corrected chi connectivity index (χ4v) is 4.46. The van der Waals surface area contributed by atoms with E-state index < -0.39 is 16.1 Å². The van der Waals surface area contributed by atoms with Gasteiger partial charge in [-0.2, -0.15) is 0 Å². The van der Waals surface area contributed by atoms with Gasteiger partial charge in [0.15, 0.2) is 6.10 Å². The van der Waals surface area contributed by atoms with E-state index >= 15 is 0 Å². The van der Waals surface area contributed by atoms with Crippen LogP contribution in [0.3, 0.4) is 0 Å². The molecule has 2 N–H and O–H groups in total. The number of nitrogens with two attached hydrogens (primary N) is 1. The smallest absolute Gasteiger partial charge is 0.265 e. The molecule has 0 bridgehead atoms. The van der Waals surface area contributed by atoms with Gasteiger partial charge in [0, 0.05) is 19.0 Å². The summed E-state index contributed by atoms with van der Waals surface area (Å²) >= 11 is 0. The largest absolute Gasteiger partial charge is 0.476 e. The number of rotatable bonds is 4. The minimum Gasteiger partial charge on any atom is -0.476 e. The molecule has 1 fully saturated rings. The molecule has 0 spiro atoms. The summed E-state index contributed by atoms with van der Waals surface area (Å²) in [6.45, 7) is 2.34. The fraction of sp³-hybridized carbons (Fsp3) is 0.529. The zero-order chi connectivity index (χ0) is 18.9. The molecule has 2 amide bonds. The van der Waals surface area contributed by atoms with E-state index in [1.807, 2.05) is 0 Å². The molecule has 142 valence electrons. The van der Waals surface area contributed by atoms with Crippen LogP contribution in [0.15, 0.2) is 24.3 Å². The number of nitrogens with zero attached hydrogens (tertiary/aromatic N) is 2. The maximum absolute atomic E-state index is 12.9. The number of likely N-dealkylation sites (tertiary alicyclic amines) is 1. The standard InChI is InChI=1S/C17H23N3O5S/c1-2-26(23,24)20-11-15(25-14-6-4-3-5-13(14)20)17(22)19-9-7-12(8-10-19)16(18)21/h3-6,12,15H,2,7-11H2,1H3,(H2,18,21)/t15-/m0/s1. The van der Waals surface area contributed by atoms with Gasteiger partial charge in [-0.1, -0.05) is 12.1 Å². The third kappa shape index (κ3) is 3.48. The van der Waals surface area contributed by atoms with Gasteiger partial charge in [-0.3, -0.25) is 13.9 Å². The van der Waals surface area contributed by atoms with Crippen molar-refractivity contribution in [3.05, 3.63) is 24.3 Å². The van der Waals surface area contributed by atoms with Crippen LogP contribution in [-0.4, -0.2) is 56.6 Å². The number of primary amides is 1. The van der Waals surface area contributed by atoms with Crippen molar-refractivity contribution in [2.75, 3.05) is 29.7 Å². The number of carbonyl (C=O) groups excluding carboxylic acids is 2. The molecule has 26 heavy (non-hydrogen) atoms. The van der Waals surface area contributed by atoms with Crippen molar-refractivity contribution in [3.8, 4) is 5.75 Å². The molecule has 0 aliphatic carbocycles. The van der Waals surface area contributed by atoms with E-state index in [0.29, 0.717) is 37.4 Å². The second kappa shape index (κ2) is 7.14. The lowest BCUT2D eigenvalue weighted by atomic mass is 9.96. The van der Waals surface area contributed by atoms with Crippen molar-refractivity contribution in [1.82, 2.24) is 4.90 Å². The van der Waals surface area contributed by atoms with Crippen LogP contribution in [0, 0.1) is 5.92 Å². The minimum absolute atomic E-state index is 0.0538. The number of fused-ring (bicyclic) bond motifs is 1. The predicted octanol–water partition coefficient (Wildman–Crippen LogP) is 0.328. The van der Waals surface area contributed by atoms with Crippen LogP contribution in [0.25, 0.3) is 0 Å². The Bertz CT molecular complexity index is 802. The topological polar surface area (TPSA) is 110 Å². The van der Waals surface area contributed by atoms with E-state index in [-0.39, 0.29) is 30.0 Å². The van der Waals surface area contributed by atoms with Crippen LogP contribution in [0.4, 0.5) is 5.69 Å². The van der Waals surface area contributed by atoms with E-state index in [0.717, 1.165) is 0 Å². The highest BCUT2D eigenvalue weighted by molar-refractivity contribution is 7.92. The third-order valence-electron chi connectivity index (χ3n) is 4.92. The Labute approximate surface area is 152 Å². The van der Waals surface area contributed by atoms with Crippen molar-refractivity contribution < 1.29 is 22.7 Å². The van der Waals surface area contributed by atoms with Gasteiger partial charge in [0.25, 0.3) is 5.91 Å². The Balaban J connectivity index is 1.79. The van der Waals surface area contributed by atoms with Crippen LogP contribution >= 0.6 is 0 Å². The molecular formula is C17H23N3O5S. The second-order valence-corrected chi connectivity index (χ2v) is 8.69. The van der Waals surface area contributed by atoms with Crippen molar-refractivity contribution in [2.45, 2.75) is 25.9 Å². The number of piperidine rings is 1. The Morgan fingerprint density at radius 3 is 2.50 bits per heavy atom. The number of carbonyl (C=O) groups is 2. The Morgan fingerprint density at radius 2 is 1.88 bits per heavy atom. The molecule has 2 aliphatic heterocycles. The molecule has 8 nitrogen and oxygen atoms in total. The van der Waals surface area contributed by atoms with E-state index in [1.165, 1.54) is 4.31 Å². The first-order chi connectivity index (χ1) is 12.3. The maximum atomic E-state index is 12.9. The van der Waals surface area contributed by atoms with Crippen LogP contribution < -0.4 is 14.8 Å². The molecule has 2 aliphatic rings. The molecule has 1 aromatic rings. The highest BCUT2D eigenvalue weighted by Crippen LogP contribution is 2.35. The summed E-state index contributed by atoms with van der Waals surface area (Å²) in [5, 5.41) is 0. The molecule has 1 saturated heterocycles. The monoisotopic (exact) mass is 381 g/mol. The van der Waals surface area contributed by atoms with Gasteiger partial charge in [0.05, 0.1) is 18.0 Å². The first kappa shape index (κ1) is 18.5. The van der Waals surface area contributed by atoms with Crippen molar-refractivity contribution in [3.63, 3.8) is 0 Å². The zero-order valence-electron chi connectivity index (χ0n) is 14.6. The quantitative estimate of drug-likeness (QED) is 0.808. The number of amides is 2. The summed E-state index contributed by atoms with van der Waals surface area (Å²) in [5.74, 6) is -0.518. The summed E-state index contributed by atoms with van der Waals surface area (Å²) in [6.07, 6.45) is 0.124. The first-order valence-corrected chi connectivity index (χ1v) is 10.3. The Hall–Kier alpha value is -2.29. The van der Waals surface area contributed by atoms with E-state index in [4.69, 9.17) is 10.5 Å². The Kier molecular flexibility index (Phi) is 5.08. The normalized spacial score (nSPS) is 21.0. The van der Waals surface area contributed by atoms with Gasteiger partial charge in [-0.25, -0.2) is 8.42 Å². The summed E-state index contributed by atoms with van der Waals surface area (Å²) in [4.78, 5) is 25.8. The van der Waals surface area contributed by atoms with Crippen LogP contribution in [0.5, 0.6) is 5.75 Å². The van der Waals surface area contributed by atoms with Gasteiger partial charge in [-0.05, 0) is 31.9 Å². The molecule has 3 rings (SSSR count). The van der Waals surface area contributed by atoms with Gasteiger partial charge in [0.2, 0.25) is 15.9 Å². The lowest BCUT2D eigenvalue weighted by molar-refractivity contribution is -0.141. The molecule has 0 aromatic heterocycles. The number of hydrogen-bond acceptors (Lipinski definition) is 5. The summed E-state index contributed by atoms with van der Waals surface area (Å²) < 4.78 is 32.0. The number of anilines is 1. The molecule has 2 heterocycles. The third-order valence-corrected chi connectivity index (χ3v) is 6.67. The summed E-state index contributed by atoms with van der Waals surface area (Å²) in [7, 11) is -3.53. The van der Waals surface area contributed by atoms with Crippen LogP contribution in [0.2, 0.25) is 0 Å². The molecular weight excluding hydrogens is 358 g/mol. The van der Waals surface area contributed by atoms with Gasteiger partial charge >= 0.3 is 0 Å². The predicted molar refractivity (Wildman–Crippen MR) is 96.2 cm³/mol. The van der Waals surface area contributed by atoms with Crippen molar-refractivity contribution in [1.29, 1.82) is 0 Å². The molecule has 1 atom stereocenters. The van der Waals surface area contributed by atoms with Gasteiger partial charge in [-0.15, -0.1) is 0 Å². The number of hydrogen-bond donors (Lipinski definition) is 1. The van der Waals surface area contributed by atoms with E-state index in [1.54, 1.807) is 36.1 Å². The molecule has 0 unspecified atom stereocenters. The highest BCUT2D eigenvalue weighted by Gasteiger charge is 2.38. The molecule has 0 radical (unpaired) electrons. The second-order valence-electron chi connectivity index (χ2n) is 6.51. The van der Waals surface area contributed by atoms with E-state index in [9.17, 15) is 18.0 Å². The minimum atomic E-state index is -3.53. The average molecular weight is 381 g/mol.